The maximum absolute atomic E-state index is 10.5. The van der Waals surface area contributed by atoms with Crippen LogP contribution in [0.1, 0.15) is 19.5 Å². The van der Waals surface area contributed by atoms with Crippen LogP contribution < -0.4 is 5.32 Å². The number of carbonyl (C=O) groups excluding carboxylic acids is 1. The fourth-order valence-electron chi connectivity index (χ4n) is 2.62. The Morgan fingerprint density at radius 2 is 2.04 bits per heavy atom. The minimum absolute atomic E-state index is 0.489. The van der Waals surface area contributed by atoms with Gasteiger partial charge in [-0.15, -0.1) is 0 Å². The van der Waals surface area contributed by atoms with Crippen molar-refractivity contribution < 1.29 is 9.90 Å². The Bertz CT molecular complexity index is 874. The van der Waals surface area contributed by atoms with Gasteiger partial charge in [0, 0.05) is 28.9 Å². The number of aliphatic hydroxyl groups is 1. The number of amides is 1. The summed E-state index contributed by atoms with van der Waals surface area (Å²) in [5, 5.41) is 14.4. The summed E-state index contributed by atoms with van der Waals surface area (Å²) in [5.74, 6) is 1.11. The van der Waals surface area contributed by atoms with Crippen LogP contribution in [0.4, 0.5) is 5.82 Å². The van der Waals surface area contributed by atoms with Gasteiger partial charge in [-0.3, -0.25) is 9.78 Å². The number of carbonyl (C=O) groups is 1. The first-order valence-corrected chi connectivity index (χ1v) is 9.56. The maximum atomic E-state index is 10.5. The number of hydrogen-bond acceptors (Lipinski definition) is 5. The lowest BCUT2D eigenvalue weighted by molar-refractivity contribution is -0.105. The third kappa shape index (κ3) is 4.80. The zero-order valence-corrected chi connectivity index (χ0v) is 16.0. The van der Waals surface area contributed by atoms with Crippen LogP contribution >= 0.6 is 11.8 Å². The summed E-state index contributed by atoms with van der Waals surface area (Å²) in [5.41, 5.74) is 3.46. The van der Waals surface area contributed by atoms with Crippen molar-refractivity contribution in [2.24, 2.45) is 0 Å². The number of nitrogens with one attached hydrogen (secondary N) is 1. The molecular weight excluding hydrogens is 346 g/mol. The van der Waals surface area contributed by atoms with E-state index in [-0.39, 0.29) is 0 Å². The second-order valence-corrected chi connectivity index (χ2v) is 6.73. The molecule has 0 radical (unpaired) electrons. The molecule has 0 bridgehead atoms. The topological polar surface area (TPSA) is 75.1 Å². The fourth-order valence-corrected chi connectivity index (χ4v) is 3.15. The van der Waals surface area contributed by atoms with E-state index in [1.54, 1.807) is 30.2 Å². The van der Waals surface area contributed by atoms with E-state index in [0.29, 0.717) is 23.6 Å². The Morgan fingerprint density at radius 1 is 1.35 bits per heavy atom. The van der Waals surface area contributed by atoms with Crippen LogP contribution in [0, 0.1) is 0 Å². The number of fused-ring (bicyclic) bond motifs is 1. The van der Waals surface area contributed by atoms with Gasteiger partial charge in [0.25, 0.3) is 0 Å². The van der Waals surface area contributed by atoms with Gasteiger partial charge >= 0.3 is 0 Å². The highest BCUT2D eigenvalue weighted by Gasteiger charge is 2.10. The Morgan fingerprint density at radius 3 is 2.69 bits per heavy atom. The van der Waals surface area contributed by atoms with Gasteiger partial charge in [0.1, 0.15) is 5.82 Å². The highest BCUT2D eigenvalue weighted by molar-refractivity contribution is 7.98. The summed E-state index contributed by atoms with van der Waals surface area (Å²) in [6.45, 7) is 7.90. The second-order valence-electron chi connectivity index (χ2n) is 5.82. The second kappa shape index (κ2) is 9.31. The van der Waals surface area contributed by atoms with Crippen LogP contribution in [0.15, 0.2) is 54.4 Å². The van der Waals surface area contributed by atoms with Crippen LogP contribution in [-0.4, -0.2) is 39.6 Å². The van der Waals surface area contributed by atoms with E-state index >= 15 is 0 Å². The van der Waals surface area contributed by atoms with E-state index in [4.69, 9.17) is 0 Å². The molecule has 2 N–H and O–H groups in total. The number of nitrogens with zero attached hydrogens (tertiary/aromatic N) is 2. The Kier molecular flexibility index (Phi) is 7.12. The number of aromatic nitrogens is 2. The number of pyridine rings is 2. The van der Waals surface area contributed by atoms with Crippen LogP contribution in [0.3, 0.4) is 0 Å². The summed E-state index contributed by atoms with van der Waals surface area (Å²) in [6, 6.07) is 3.74. The van der Waals surface area contributed by atoms with E-state index in [2.05, 4.69) is 21.9 Å². The quantitative estimate of drug-likeness (QED) is 0.546. The minimum atomic E-state index is -0.560. The van der Waals surface area contributed by atoms with Crippen LogP contribution in [-0.2, 0) is 4.79 Å². The molecular formula is C20H23N3O2S. The SMILES string of the molecule is C=C(/C=C(C)\C(=C/C)c1cc2cnc(NC=O)cc2cn1)C(O)CSC. The van der Waals surface area contributed by atoms with E-state index in [9.17, 15) is 9.90 Å². The van der Waals surface area contributed by atoms with Gasteiger partial charge in [0.2, 0.25) is 6.41 Å². The number of anilines is 1. The van der Waals surface area contributed by atoms with Gasteiger partial charge in [-0.05, 0) is 49.0 Å². The molecule has 0 saturated heterocycles. The van der Waals surface area contributed by atoms with Crippen molar-refractivity contribution in [3.63, 3.8) is 0 Å². The van der Waals surface area contributed by atoms with E-state index in [1.807, 2.05) is 38.3 Å². The maximum Gasteiger partial charge on any atom is 0.212 e. The Hall–Kier alpha value is -2.44. The van der Waals surface area contributed by atoms with Gasteiger partial charge < -0.3 is 10.4 Å². The van der Waals surface area contributed by atoms with Gasteiger partial charge in [-0.25, -0.2) is 4.98 Å². The summed E-state index contributed by atoms with van der Waals surface area (Å²) in [7, 11) is 0. The van der Waals surface area contributed by atoms with Crippen molar-refractivity contribution in [1.29, 1.82) is 0 Å². The van der Waals surface area contributed by atoms with Crippen molar-refractivity contribution in [3.8, 4) is 0 Å². The lowest BCUT2D eigenvalue weighted by Crippen LogP contribution is -2.11. The van der Waals surface area contributed by atoms with Crippen molar-refractivity contribution in [1.82, 2.24) is 9.97 Å². The van der Waals surface area contributed by atoms with Gasteiger partial charge in [0.15, 0.2) is 0 Å². The molecule has 0 spiro atoms. The van der Waals surface area contributed by atoms with Crippen LogP contribution in [0.2, 0.25) is 0 Å². The molecule has 0 saturated carbocycles. The number of hydrogen-bond donors (Lipinski definition) is 2. The number of aliphatic hydroxyl groups excluding tert-OH is 1. The van der Waals surface area contributed by atoms with E-state index < -0.39 is 6.10 Å². The molecule has 6 heteroatoms. The fraction of sp³-hybridized carbons (Fsp3) is 0.250. The molecule has 0 aliphatic rings. The molecule has 2 rings (SSSR count). The lowest BCUT2D eigenvalue weighted by Gasteiger charge is -2.13. The first kappa shape index (κ1) is 19.9. The zero-order valence-electron chi connectivity index (χ0n) is 15.2. The predicted molar refractivity (Wildman–Crippen MR) is 110 cm³/mol. The third-order valence-electron chi connectivity index (χ3n) is 3.95. The molecule has 2 heterocycles. The standard InChI is InChI=1S/C20H23N3O2S/c1-5-17(13(2)6-14(3)19(25)11-26-4)18-7-15-10-22-20(23-12-24)8-16(15)9-21-18/h5-10,12,19,25H,3,11H2,1-2,4H3,(H,22,23,24)/b13-6-,17-5+. The molecule has 1 atom stereocenters. The highest BCUT2D eigenvalue weighted by Crippen LogP contribution is 2.26. The Labute approximate surface area is 157 Å². The molecule has 136 valence electrons. The zero-order chi connectivity index (χ0) is 19.1. The predicted octanol–water partition coefficient (Wildman–Crippen LogP) is 3.83. The molecule has 5 nitrogen and oxygen atoms in total. The summed E-state index contributed by atoms with van der Waals surface area (Å²) in [6.07, 6.45) is 9.35. The van der Waals surface area contributed by atoms with Crippen molar-refractivity contribution in [2.45, 2.75) is 20.0 Å². The lowest BCUT2D eigenvalue weighted by atomic mass is 9.99. The van der Waals surface area contributed by atoms with Crippen molar-refractivity contribution in [3.05, 3.63) is 60.1 Å². The van der Waals surface area contributed by atoms with Crippen LogP contribution in [0.25, 0.3) is 16.3 Å². The highest BCUT2D eigenvalue weighted by atomic mass is 32.2. The molecule has 0 aliphatic heterocycles. The molecule has 0 aliphatic carbocycles. The Balaban J connectivity index is 2.33. The van der Waals surface area contributed by atoms with E-state index in [0.717, 1.165) is 27.6 Å². The first-order chi connectivity index (χ1) is 12.5. The van der Waals surface area contributed by atoms with Crippen molar-refractivity contribution >= 4 is 40.3 Å². The van der Waals surface area contributed by atoms with Gasteiger partial charge in [-0.1, -0.05) is 18.7 Å². The molecule has 1 unspecified atom stereocenters. The molecule has 2 aromatic heterocycles. The van der Waals surface area contributed by atoms with Gasteiger partial charge in [0.05, 0.1) is 11.8 Å². The molecule has 1 amide bonds. The molecule has 26 heavy (non-hydrogen) atoms. The molecule has 2 aromatic rings. The third-order valence-corrected chi connectivity index (χ3v) is 4.60. The minimum Gasteiger partial charge on any atom is -0.388 e. The van der Waals surface area contributed by atoms with Gasteiger partial charge in [-0.2, -0.15) is 11.8 Å². The number of allylic oxidation sites excluding steroid dienone is 3. The number of thioether (sulfide) groups is 1. The summed E-state index contributed by atoms with van der Waals surface area (Å²) in [4.78, 5) is 19.3. The monoisotopic (exact) mass is 369 g/mol. The average molecular weight is 369 g/mol. The van der Waals surface area contributed by atoms with E-state index in [1.165, 1.54) is 0 Å². The normalized spacial score (nSPS) is 13.5. The van der Waals surface area contributed by atoms with Crippen molar-refractivity contribution in [2.75, 3.05) is 17.3 Å². The molecule has 0 aromatic carbocycles. The summed E-state index contributed by atoms with van der Waals surface area (Å²) < 4.78 is 0. The largest absolute Gasteiger partial charge is 0.388 e. The smallest absolute Gasteiger partial charge is 0.212 e. The first-order valence-electron chi connectivity index (χ1n) is 8.17. The summed E-state index contributed by atoms with van der Waals surface area (Å²) >= 11 is 1.58. The number of rotatable bonds is 8. The molecule has 0 fully saturated rings. The average Bonchev–Trinajstić information content (AvgIpc) is 2.62. The van der Waals surface area contributed by atoms with Crippen LogP contribution in [0.5, 0.6) is 0 Å².